The van der Waals surface area contributed by atoms with Crippen molar-refractivity contribution in [2.45, 2.75) is 25.7 Å². The molecule has 5 aromatic heterocycles. The highest BCUT2D eigenvalue weighted by Crippen LogP contribution is 2.44. The van der Waals surface area contributed by atoms with Crippen LogP contribution in [0.1, 0.15) is 36.9 Å². The topological polar surface area (TPSA) is 48.3 Å². The molecule has 0 aliphatic heterocycles. The van der Waals surface area contributed by atoms with Crippen LogP contribution in [0.3, 0.4) is 0 Å². The van der Waals surface area contributed by atoms with Crippen molar-refractivity contribution < 1.29 is 4.42 Å². The van der Waals surface area contributed by atoms with Crippen molar-refractivity contribution in [3.05, 3.63) is 216 Å². The van der Waals surface area contributed by atoms with Crippen LogP contribution >= 0.6 is 0 Å². The molecule has 0 bridgehead atoms. The van der Waals surface area contributed by atoms with E-state index in [4.69, 9.17) is 14.4 Å². The third kappa shape index (κ3) is 5.99. The largest absolute Gasteiger partial charge is 0.456 e. The highest BCUT2D eigenvalue weighted by atomic mass is 16.3. The van der Waals surface area contributed by atoms with Crippen LogP contribution in [0.25, 0.3) is 144 Å². The fourth-order valence-corrected chi connectivity index (χ4v) is 12.4. The van der Waals surface area contributed by atoms with Crippen LogP contribution in [-0.2, 0) is 0 Å². The molecule has 5 heterocycles. The number of furan rings is 1. The summed E-state index contributed by atoms with van der Waals surface area (Å²) in [6, 6.07) is 66.0. The molecule has 5 nitrogen and oxygen atoms in total. The summed E-state index contributed by atoms with van der Waals surface area (Å²) >= 11 is 0. The second-order valence-corrected chi connectivity index (χ2v) is 19.6. The number of rotatable bonds is 5. The molecule has 0 saturated heterocycles. The second-order valence-electron chi connectivity index (χ2n) is 19.6. The average molecular weight is 931 g/mol. The van der Waals surface area contributed by atoms with Gasteiger partial charge in [0.2, 0.25) is 5.95 Å². The second kappa shape index (κ2) is 15.5. The van der Waals surface area contributed by atoms with E-state index in [1.54, 1.807) is 0 Å². The van der Waals surface area contributed by atoms with Crippen LogP contribution in [-0.4, -0.2) is 18.9 Å². The van der Waals surface area contributed by atoms with E-state index in [9.17, 15) is 0 Å². The van der Waals surface area contributed by atoms with Gasteiger partial charge >= 0.3 is 0 Å². The van der Waals surface area contributed by atoms with Crippen molar-refractivity contribution in [1.29, 1.82) is 0 Å². The Bertz CT molecular complexity index is 4970. The van der Waals surface area contributed by atoms with E-state index < -0.39 is 0 Å². The van der Waals surface area contributed by atoms with E-state index in [0.717, 1.165) is 97.3 Å². The van der Waals surface area contributed by atoms with E-state index in [1.807, 2.05) is 0 Å². The molecule has 16 rings (SSSR count). The molecule has 14 aromatic rings. The number of nitrogens with zero attached hydrogens (tertiary/aromatic N) is 4. The van der Waals surface area contributed by atoms with Gasteiger partial charge in [0, 0.05) is 61.2 Å². The van der Waals surface area contributed by atoms with E-state index >= 15 is 0 Å². The van der Waals surface area contributed by atoms with Crippen LogP contribution in [0.15, 0.2) is 199 Å². The van der Waals surface area contributed by atoms with Gasteiger partial charge in [-0.05, 0) is 129 Å². The first-order chi connectivity index (χ1) is 36.2. The molecule has 2 aliphatic rings. The molecule has 9 aromatic carbocycles. The van der Waals surface area contributed by atoms with Gasteiger partial charge in [0.25, 0.3) is 0 Å². The maximum absolute atomic E-state index is 6.71. The fraction of sp³-hybridized carbons (Fsp3) is 0.0588. The number of allylic oxidation sites excluding steroid dienone is 4. The fourth-order valence-electron chi connectivity index (χ4n) is 12.4. The highest BCUT2D eigenvalue weighted by Gasteiger charge is 2.23. The summed E-state index contributed by atoms with van der Waals surface area (Å²) in [7, 11) is 0. The average Bonchev–Trinajstić information content (AvgIpc) is 4.19. The van der Waals surface area contributed by atoms with E-state index in [-0.39, 0.29) is 0 Å². The monoisotopic (exact) mass is 930 g/mol. The Balaban J connectivity index is 0.888. The maximum atomic E-state index is 6.71. The molecule has 0 atom stereocenters. The molecule has 0 amide bonds. The first-order valence-electron chi connectivity index (χ1n) is 25.3. The summed E-state index contributed by atoms with van der Waals surface area (Å²) in [5, 5.41) is 14.3. The molecule has 0 fully saturated rings. The molecule has 73 heavy (non-hydrogen) atoms. The number of benzene rings is 9. The Hall–Kier alpha value is -9.50. The minimum absolute atomic E-state index is 0.666. The Labute approximate surface area is 418 Å². The van der Waals surface area contributed by atoms with Crippen LogP contribution in [0.5, 0.6) is 0 Å². The number of aromatic nitrogens is 4. The van der Waals surface area contributed by atoms with Gasteiger partial charge in [-0.2, -0.15) is 0 Å². The summed E-state index contributed by atoms with van der Waals surface area (Å²) < 4.78 is 11.5. The zero-order valence-corrected chi connectivity index (χ0v) is 39.7. The minimum Gasteiger partial charge on any atom is -0.456 e. The van der Waals surface area contributed by atoms with Gasteiger partial charge in [0.1, 0.15) is 11.2 Å². The summed E-state index contributed by atoms with van der Waals surface area (Å²) in [4.78, 5) is 10.9. The van der Waals surface area contributed by atoms with E-state index in [0.29, 0.717) is 5.95 Å². The van der Waals surface area contributed by atoms with Gasteiger partial charge in [-0.1, -0.05) is 151 Å². The molecule has 0 spiro atoms. The van der Waals surface area contributed by atoms with Gasteiger partial charge in [-0.3, -0.25) is 4.57 Å². The molecule has 2 aliphatic carbocycles. The summed E-state index contributed by atoms with van der Waals surface area (Å²) in [6.45, 7) is 0. The molecule has 340 valence electrons. The lowest BCUT2D eigenvalue weighted by atomic mass is 9.91. The van der Waals surface area contributed by atoms with Crippen molar-refractivity contribution in [3.8, 4) is 40.0 Å². The Morgan fingerprint density at radius 1 is 0.452 bits per heavy atom. The third-order valence-corrected chi connectivity index (χ3v) is 15.7. The van der Waals surface area contributed by atoms with Gasteiger partial charge in [-0.25, -0.2) is 9.97 Å². The zero-order valence-electron chi connectivity index (χ0n) is 39.7. The van der Waals surface area contributed by atoms with Crippen LogP contribution in [0.4, 0.5) is 0 Å². The SMILES string of the molecule is C1#CC/C=c2\c(c3cc(-c4ccc5oc6cccc(-c7ccc8c(c7)c7c9ccccc9ccc7n8-c7nc(C8=CC=C(c9ccccc9)CC8)c8ccccc8n7)c6c5c4)cc4c5ccccc5n2c34)=C/C1. The van der Waals surface area contributed by atoms with Crippen molar-refractivity contribution in [2.75, 3.05) is 0 Å². The first-order valence-corrected chi connectivity index (χ1v) is 25.3. The van der Waals surface area contributed by atoms with Crippen LogP contribution in [0, 0.1) is 11.8 Å². The number of para-hydroxylation sites is 2. The molecular weight excluding hydrogens is 889 g/mol. The normalized spacial score (nSPS) is 14.8. The molecule has 0 saturated carbocycles. The molecule has 0 unspecified atom stereocenters. The third-order valence-electron chi connectivity index (χ3n) is 15.7. The highest BCUT2D eigenvalue weighted by molar-refractivity contribution is 6.23. The molecule has 0 radical (unpaired) electrons. The van der Waals surface area contributed by atoms with E-state index in [2.05, 4.69) is 227 Å². The molecule has 5 heteroatoms. The lowest BCUT2D eigenvalue weighted by molar-refractivity contribution is 0.669. The lowest BCUT2D eigenvalue weighted by Gasteiger charge is -2.17. The predicted molar refractivity (Wildman–Crippen MR) is 304 cm³/mol. The Kier molecular flexibility index (Phi) is 8.55. The van der Waals surface area contributed by atoms with Crippen molar-refractivity contribution in [1.82, 2.24) is 18.9 Å². The molecular formula is C68H42N4O. The smallest absolute Gasteiger partial charge is 0.235 e. The predicted octanol–water partition coefficient (Wildman–Crippen LogP) is 15.7. The Morgan fingerprint density at radius 3 is 2.10 bits per heavy atom. The Morgan fingerprint density at radius 2 is 1.19 bits per heavy atom. The summed E-state index contributed by atoms with van der Waals surface area (Å²) in [5.41, 5.74) is 16.7. The van der Waals surface area contributed by atoms with Gasteiger partial charge in [0.05, 0.1) is 38.6 Å². The maximum Gasteiger partial charge on any atom is 0.235 e. The zero-order chi connectivity index (χ0) is 47.7. The van der Waals surface area contributed by atoms with Crippen LogP contribution < -0.4 is 10.6 Å². The van der Waals surface area contributed by atoms with Gasteiger partial charge in [-0.15, -0.1) is 0 Å². The summed E-state index contributed by atoms with van der Waals surface area (Å²) in [5.74, 6) is 7.34. The van der Waals surface area contributed by atoms with Crippen LogP contribution in [0.2, 0.25) is 0 Å². The van der Waals surface area contributed by atoms with E-state index in [1.165, 1.54) is 76.2 Å². The summed E-state index contributed by atoms with van der Waals surface area (Å²) in [6.07, 6.45) is 12.5. The number of fused-ring (bicyclic) bond motifs is 15. The quantitative estimate of drug-likeness (QED) is 0.162. The first kappa shape index (κ1) is 40.3. The van der Waals surface area contributed by atoms with Gasteiger partial charge in [0.15, 0.2) is 0 Å². The number of hydrogen-bond acceptors (Lipinski definition) is 3. The standard InChI is InChI=1S/C68H42N4O/c1-2-7-24-58-50(19-6-1)53-39-47(40-54-51-20-11-13-25-59(51)71(58)67(53)54)45-33-36-62-56(37-45)65-49(22-14-26-63(65)73-62)46-32-34-60-55(38-46)64-48-18-9-8-17-43(48)31-35-61(64)72(60)68-69-57-23-12-10-21-52(57)66(70-68)44-29-27-42(28-30-44)41-15-4-3-5-16-41/h3-5,8-27,29,31-40H,6-7,28,30H2/b50-19-,58-24+. The lowest BCUT2D eigenvalue weighted by Crippen LogP contribution is -2.26. The van der Waals surface area contributed by atoms with Crippen molar-refractivity contribution in [2.24, 2.45) is 0 Å². The number of hydrogen-bond donors (Lipinski definition) is 0. The van der Waals surface area contributed by atoms with Crippen molar-refractivity contribution in [3.63, 3.8) is 0 Å². The minimum atomic E-state index is 0.666. The molecule has 0 N–H and O–H groups in total. The van der Waals surface area contributed by atoms with Crippen molar-refractivity contribution >= 4 is 116 Å². The van der Waals surface area contributed by atoms with Gasteiger partial charge < -0.3 is 8.82 Å².